The highest BCUT2D eigenvalue weighted by Gasteiger charge is 2.54. The van der Waals surface area contributed by atoms with Crippen LogP contribution in [0.25, 0.3) is 0 Å². The second-order valence-corrected chi connectivity index (χ2v) is 7.71. The van der Waals surface area contributed by atoms with E-state index in [0.717, 1.165) is 43.8 Å². The van der Waals surface area contributed by atoms with Gasteiger partial charge in [-0.2, -0.15) is 0 Å². The quantitative estimate of drug-likeness (QED) is 0.892. The van der Waals surface area contributed by atoms with Crippen LogP contribution in [0.15, 0.2) is 24.3 Å². The minimum Gasteiger partial charge on any atom is -0.495 e. The summed E-state index contributed by atoms with van der Waals surface area (Å²) >= 11 is 0. The van der Waals surface area contributed by atoms with Crippen molar-refractivity contribution in [2.75, 3.05) is 38.2 Å². The van der Waals surface area contributed by atoms with E-state index in [1.807, 2.05) is 29.2 Å². The number of hydrogen-bond donors (Lipinski definition) is 1. The average Bonchev–Trinajstić information content (AvgIpc) is 3.29. The van der Waals surface area contributed by atoms with E-state index in [4.69, 9.17) is 4.74 Å². The van der Waals surface area contributed by atoms with Gasteiger partial charge >= 0.3 is 5.97 Å². The van der Waals surface area contributed by atoms with E-state index in [2.05, 4.69) is 4.90 Å². The Kier molecular flexibility index (Phi) is 4.51. The lowest BCUT2D eigenvalue weighted by atomic mass is 9.78. The van der Waals surface area contributed by atoms with Crippen molar-refractivity contribution >= 4 is 17.6 Å². The lowest BCUT2D eigenvalue weighted by Crippen LogP contribution is -2.52. The van der Waals surface area contributed by atoms with Gasteiger partial charge in [-0.05, 0) is 43.2 Å². The maximum absolute atomic E-state index is 13.1. The fraction of sp³-hybridized carbons (Fsp3) is 0.600. The van der Waals surface area contributed by atoms with Crippen molar-refractivity contribution in [3.8, 4) is 5.75 Å². The molecule has 1 aliphatic heterocycles. The highest BCUT2D eigenvalue weighted by Crippen LogP contribution is 2.53. The Labute approximate surface area is 153 Å². The number of piperazine rings is 1. The minimum absolute atomic E-state index is 0.0595. The van der Waals surface area contributed by atoms with E-state index >= 15 is 0 Å². The Morgan fingerprint density at radius 3 is 2.35 bits per heavy atom. The number of para-hydroxylation sites is 2. The first kappa shape index (κ1) is 17.2. The molecule has 3 fully saturated rings. The molecule has 4 rings (SSSR count). The zero-order valence-electron chi connectivity index (χ0n) is 15.1. The number of anilines is 1. The summed E-state index contributed by atoms with van der Waals surface area (Å²) in [7, 11) is 1.67. The van der Waals surface area contributed by atoms with Crippen molar-refractivity contribution in [2.24, 2.45) is 23.7 Å². The van der Waals surface area contributed by atoms with Crippen LogP contribution in [0.2, 0.25) is 0 Å². The van der Waals surface area contributed by atoms with Gasteiger partial charge in [-0.1, -0.05) is 12.1 Å². The number of hydrogen-bond acceptors (Lipinski definition) is 4. The Bertz CT molecular complexity index is 699. The third kappa shape index (κ3) is 2.81. The maximum atomic E-state index is 13.1. The monoisotopic (exact) mass is 358 g/mol. The Hall–Kier alpha value is -2.24. The zero-order chi connectivity index (χ0) is 18.3. The van der Waals surface area contributed by atoms with Crippen LogP contribution in [-0.2, 0) is 9.59 Å². The molecule has 0 spiro atoms. The van der Waals surface area contributed by atoms with Crippen LogP contribution < -0.4 is 9.64 Å². The molecule has 1 heterocycles. The molecule has 3 aliphatic rings. The molecule has 0 radical (unpaired) electrons. The predicted octanol–water partition coefficient (Wildman–Crippen LogP) is 2.09. The van der Waals surface area contributed by atoms with E-state index in [0.29, 0.717) is 13.1 Å². The number of carbonyl (C=O) groups excluding carboxylic acids is 1. The normalized spacial score (nSPS) is 30.5. The Morgan fingerprint density at radius 1 is 1.04 bits per heavy atom. The van der Waals surface area contributed by atoms with Crippen molar-refractivity contribution in [1.82, 2.24) is 4.90 Å². The molecule has 1 aromatic carbocycles. The zero-order valence-corrected chi connectivity index (χ0v) is 15.1. The van der Waals surface area contributed by atoms with Crippen molar-refractivity contribution in [2.45, 2.75) is 19.3 Å². The molecule has 1 N–H and O–H groups in total. The van der Waals surface area contributed by atoms with Crippen LogP contribution in [0, 0.1) is 23.7 Å². The van der Waals surface area contributed by atoms with Gasteiger partial charge in [0.2, 0.25) is 5.91 Å². The number of aliphatic carboxylic acids is 1. The largest absolute Gasteiger partial charge is 0.495 e. The van der Waals surface area contributed by atoms with Crippen molar-refractivity contribution in [1.29, 1.82) is 0 Å². The summed E-state index contributed by atoms with van der Waals surface area (Å²) in [5.41, 5.74) is 1.05. The summed E-state index contributed by atoms with van der Waals surface area (Å²) in [5, 5.41) is 9.61. The van der Waals surface area contributed by atoms with Gasteiger partial charge in [0.25, 0.3) is 0 Å². The van der Waals surface area contributed by atoms with Gasteiger partial charge in [-0.25, -0.2) is 0 Å². The molecular formula is C20H26N2O4. The van der Waals surface area contributed by atoms with Gasteiger partial charge in [0.15, 0.2) is 0 Å². The summed E-state index contributed by atoms with van der Waals surface area (Å²) in [6.45, 7) is 2.75. The summed E-state index contributed by atoms with van der Waals surface area (Å²) in [6.07, 6.45) is 2.88. The third-order valence-electron chi connectivity index (χ3n) is 6.50. The number of carbonyl (C=O) groups is 2. The average molecular weight is 358 g/mol. The molecule has 4 atom stereocenters. The highest BCUT2D eigenvalue weighted by atomic mass is 16.5. The molecular weight excluding hydrogens is 332 g/mol. The Balaban J connectivity index is 1.43. The van der Waals surface area contributed by atoms with Gasteiger partial charge in [0.05, 0.1) is 24.6 Å². The van der Waals surface area contributed by atoms with Crippen LogP contribution in [-0.4, -0.2) is 55.2 Å². The Morgan fingerprint density at radius 2 is 1.69 bits per heavy atom. The summed E-state index contributed by atoms with van der Waals surface area (Å²) in [6, 6.07) is 7.91. The molecule has 0 aromatic heterocycles. The predicted molar refractivity (Wildman–Crippen MR) is 97.2 cm³/mol. The van der Waals surface area contributed by atoms with Crippen molar-refractivity contribution in [3.05, 3.63) is 24.3 Å². The first-order chi connectivity index (χ1) is 12.6. The minimum atomic E-state index is -0.789. The van der Waals surface area contributed by atoms with Gasteiger partial charge in [-0.3, -0.25) is 9.59 Å². The molecule has 1 amide bonds. The number of nitrogens with zero attached hydrogens (tertiary/aromatic N) is 2. The van der Waals surface area contributed by atoms with Crippen LogP contribution in [0.5, 0.6) is 5.75 Å². The SMILES string of the molecule is COc1ccccc1N1CCN(C(=O)[C@@H]2[C@@H]3CC[C@H](C3)[C@@H]2C(=O)O)CC1. The number of methoxy groups -OCH3 is 1. The molecule has 6 heteroatoms. The van der Waals surface area contributed by atoms with E-state index in [9.17, 15) is 14.7 Å². The summed E-state index contributed by atoms with van der Waals surface area (Å²) < 4.78 is 5.44. The molecule has 26 heavy (non-hydrogen) atoms. The van der Waals surface area contributed by atoms with E-state index < -0.39 is 11.9 Å². The first-order valence-electron chi connectivity index (χ1n) is 9.49. The topological polar surface area (TPSA) is 70.1 Å². The van der Waals surface area contributed by atoms with Gasteiger partial charge in [0.1, 0.15) is 5.75 Å². The highest BCUT2D eigenvalue weighted by molar-refractivity contribution is 5.86. The number of amides is 1. The van der Waals surface area contributed by atoms with Crippen molar-refractivity contribution in [3.63, 3.8) is 0 Å². The molecule has 140 valence electrons. The number of ether oxygens (including phenoxy) is 1. The van der Waals surface area contributed by atoms with E-state index in [-0.39, 0.29) is 23.7 Å². The maximum Gasteiger partial charge on any atom is 0.307 e. The van der Waals surface area contributed by atoms with Crippen LogP contribution in [0.4, 0.5) is 5.69 Å². The number of rotatable bonds is 4. The molecule has 2 bridgehead atoms. The lowest BCUT2D eigenvalue weighted by molar-refractivity contribution is -0.153. The van der Waals surface area contributed by atoms with Crippen LogP contribution >= 0.6 is 0 Å². The van der Waals surface area contributed by atoms with Crippen LogP contribution in [0.3, 0.4) is 0 Å². The van der Waals surface area contributed by atoms with Gasteiger partial charge in [-0.15, -0.1) is 0 Å². The van der Waals surface area contributed by atoms with E-state index in [1.54, 1.807) is 7.11 Å². The number of carboxylic acid groups (broad SMARTS) is 1. The fourth-order valence-electron chi connectivity index (χ4n) is 5.27. The summed E-state index contributed by atoms with van der Waals surface area (Å²) in [5.74, 6) is -0.224. The number of benzene rings is 1. The lowest BCUT2D eigenvalue weighted by Gasteiger charge is -2.39. The smallest absolute Gasteiger partial charge is 0.307 e. The second-order valence-electron chi connectivity index (χ2n) is 7.71. The van der Waals surface area contributed by atoms with E-state index in [1.165, 1.54) is 0 Å². The summed E-state index contributed by atoms with van der Waals surface area (Å²) in [4.78, 5) is 28.9. The first-order valence-corrected chi connectivity index (χ1v) is 9.49. The van der Waals surface area contributed by atoms with Gasteiger partial charge in [0, 0.05) is 26.2 Å². The van der Waals surface area contributed by atoms with Crippen molar-refractivity contribution < 1.29 is 19.4 Å². The third-order valence-corrected chi connectivity index (χ3v) is 6.50. The standard InChI is InChI=1S/C20H26N2O4/c1-26-16-5-3-2-4-15(16)21-8-10-22(11-9-21)19(23)17-13-6-7-14(12-13)18(17)20(24)25/h2-5,13-14,17-18H,6-12H2,1H3,(H,24,25)/t13-,14-,17-,18+/m1/s1. The van der Waals surface area contributed by atoms with Crippen LogP contribution in [0.1, 0.15) is 19.3 Å². The molecule has 1 saturated heterocycles. The van der Waals surface area contributed by atoms with Gasteiger partial charge < -0.3 is 19.6 Å². The molecule has 0 unspecified atom stereocenters. The molecule has 2 aliphatic carbocycles. The molecule has 1 aromatic rings. The fourth-order valence-corrected chi connectivity index (χ4v) is 5.27. The second kappa shape index (κ2) is 6.82. The molecule has 6 nitrogen and oxygen atoms in total. The molecule has 2 saturated carbocycles. The number of carboxylic acids is 1. The number of fused-ring (bicyclic) bond motifs is 2.